The highest BCUT2D eigenvalue weighted by atomic mass is 16.1. The number of anilines is 1. The molecule has 4 heteroatoms. The van der Waals surface area contributed by atoms with E-state index < -0.39 is 0 Å². The van der Waals surface area contributed by atoms with Gasteiger partial charge in [-0.1, -0.05) is 7.43 Å². The van der Waals surface area contributed by atoms with Crippen molar-refractivity contribution in [2.45, 2.75) is 35.1 Å². The van der Waals surface area contributed by atoms with Crippen LogP contribution in [0.4, 0.5) is 5.82 Å². The van der Waals surface area contributed by atoms with E-state index >= 15 is 0 Å². The third-order valence-corrected chi connectivity index (χ3v) is 2.79. The lowest BCUT2D eigenvalue weighted by molar-refractivity contribution is 1.16. The minimum atomic E-state index is -0.0295. The van der Waals surface area contributed by atoms with E-state index in [2.05, 4.69) is 9.97 Å². The number of aromatic amines is 1. The Morgan fingerprint density at radius 1 is 1.00 bits per heavy atom. The molecule has 2 heterocycles. The molecule has 0 fully saturated rings. The summed E-state index contributed by atoms with van der Waals surface area (Å²) in [7, 11) is 0. The summed E-state index contributed by atoms with van der Waals surface area (Å²) in [6.45, 7) is 7.92. The molecule has 0 spiro atoms. The number of pyridine rings is 2. The fraction of sp³-hybridized carbons (Fsp3) is 0.333. The molecule has 104 valence electrons. The van der Waals surface area contributed by atoms with Crippen molar-refractivity contribution < 1.29 is 0 Å². The molecule has 0 aliphatic carbocycles. The summed E-state index contributed by atoms with van der Waals surface area (Å²) in [5, 5.41) is 0. The number of rotatable bonds is 0. The van der Waals surface area contributed by atoms with Crippen LogP contribution in [0.15, 0.2) is 29.3 Å². The van der Waals surface area contributed by atoms with Gasteiger partial charge in [0.25, 0.3) is 0 Å². The molecule has 0 unspecified atom stereocenters. The number of H-pyrrole nitrogens is 1. The number of nitrogen functional groups attached to an aromatic ring is 1. The van der Waals surface area contributed by atoms with Crippen molar-refractivity contribution in [2.24, 2.45) is 0 Å². The van der Waals surface area contributed by atoms with E-state index in [-0.39, 0.29) is 13.0 Å². The standard InChI is InChI=1S/C7H10N2.C7H9NO.CH4/c1-5-3-7(8)9-4-6(5)2;1-5-3-7(9)8-4-6(5)2;/h3-4H,1-2H3,(H2,8,9);3-4H,1-2H3,(H,8,9);1H4. The molecule has 4 nitrogen and oxygen atoms in total. The van der Waals surface area contributed by atoms with Gasteiger partial charge in [0.15, 0.2) is 0 Å². The van der Waals surface area contributed by atoms with Crippen LogP contribution in [-0.2, 0) is 0 Å². The Bertz CT molecular complexity index is 588. The van der Waals surface area contributed by atoms with Crippen LogP contribution in [0.3, 0.4) is 0 Å². The molecule has 0 saturated heterocycles. The third-order valence-electron chi connectivity index (χ3n) is 2.79. The van der Waals surface area contributed by atoms with Gasteiger partial charge < -0.3 is 10.7 Å². The van der Waals surface area contributed by atoms with Crippen LogP contribution in [-0.4, -0.2) is 9.97 Å². The van der Waals surface area contributed by atoms with Gasteiger partial charge in [0.1, 0.15) is 5.82 Å². The summed E-state index contributed by atoms with van der Waals surface area (Å²) in [4.78, 5) is 17.1. The number of aryl methyl sites for hydroxylation is 4. The zero-order valence-corrected chi connectivity index (χ0v) is 11.2. The molecule has 0 bridgehead atoms. The number of nitrogens with zero attached hydrogens (tertiary/aromatic N) is 1. The lowest BCUT2D eigenvalue weighted by Gasteiger charge is -1.97. The van der Waals surface area contributed by atoms with E-state index in [4.69, 9.17) is 5.73 Å². The van der Waals surface area contributed by atoms with E-state index in [1.807, 2.05) is 33.8 Å². The molecule has 0 saturated carbocycles. The second kappa shape index (κ2) is 7.36. The Morgan fingerprint density at radius 2 is 1.58 bits per heavy atom. The average molecular weight is 261 g/mol. The van der Waals surface area contributed by atoms with Crippen molar-refractivity contribution in [1.29, 1.82) is 0 Å². The maximum Gasteiger partial charge on any atom is 0.248 e. The zero-order chi connectivity index (χ0) is 13.7. The molecule has 2 aromatic heterocycles. The van der Waals surface area contributed by atoms with Crippen molar-refractivity contribution in [1.82, 2.24) is 9.97 Å². The van der Waals surface area contributed by atoms with Crippen molar-refractivity contribution in [3.8, 4) is 0 Å². The lowest BCUT2D eigenvalue weighted by Crippen LogP contribution is -2.03. The molecular formula is C15H23N3O. The second-order valence-corrected chi connectivity index (χ2v) is 4.36. The smallest absolute Gasteiger partial charge is 0.248 e. The summed E-state index contributed by atoms with van der Waals surface area (Å²) >= 11 is 0. The van der Waals surface area contributed by atoms with Crippen LogP contribution in [0.5, 0.6) is 0 Å². The molecule has 2 rings (SSSR count). The van der Waals surface area contributed by atoms with Crippen molar-refractivity contribution in [3.63, 3.8) is 0 Å². The Labute approximate surface area is 114 Å². The average Bonchev–Trinajstić information content (AvgIpc) is 2.30. The Morgan fingerprint density at radius 3 is 2.00 bits per heavy atom. The fourth-order valence-electron chi connectivity index (χ4n) is 1.29. The summed E-state index contributed by atoms with van der Waals surface area (Å²) in [5.74, 6) is 0.595. The first kappa shape index (κ1) is 16.9. The fourth-order valence-corrected chi connectivity index (χ4v) is 1.29. The minimum Gasteiger partial charge on any atom is -0.384 e. The Kier molecular flexibility index (Phi) is 6.55. The van der Waals surface area contributed by atoms with E-state index in [1.165, 1.54) is 11.1 Å². The van der Waals surface area contributed by atoms with Gasteiger partial charge in [-0.15, -0.1) is 0 Å². The van der Waals surface area contributed by atoms with Crippen LogP contribution in [0.25, 0.3) is 0 Å². The van der Waals surface area contributed by atoms with Crippen LogP contribution >= 0.6 is 0 Å². The van der Waals surface area contributed by atoms with Gasteiger partial charge in [-0.05, 0) is 56.0 Å². The molecule has 0 aliphatic rings. The first-order chi connectivity index (χ1) is 8.40. The quantitative estimate of drug-likeness (QED) is 0.766. The van der Waals surface area contributed by atoms with Crippen molar-refractivity contribution in [2.75, 3.05) is 5.73 Å². The van der Waals surface area contributed by atoms with Gasteiger partial charge in [-0.25, -0.2) is 4.98 Å². The van der Waals surface area contributed by atoms with Gasteiger partial charge in [0, 0.05) is 18.5 Å². The van der Waals surface area contributed by atoms with E-state index in [0.29, 0.717) is 5.82 Å². The molecular weight excluding hydrogens is 238 g/mol. The monoisotopic (exact) mass is 261 g/mol. The Hall–Kier alpha value is -2.10. The van der Waals surface area contributed by atoms with Crippen LogP contribution in [0.2, 0.25) is 0 Å². The second-order valence-electron chi connectivity index (χ2n) is 4.36. The molecule has 0 radical (unpaired) electrons. The first-order valence-electron chi connectivity index (χ1n) is 5.75. The van der Waals surface area contributed by atoms with Crippen LogP contribution in [0, 0.1) is 27.7 Å². The predicted molar refractivity (Wildman–Crippen MR) is 81.4 cm³/mol. The lowest BCUT2D eigenvalue weighted by atomic mass is 10.2. The zero-order valence-electron chi connectivity index (χ0n) is 11.2. The Balaban J connectivity index is 0.000000324. The van der Waals surface area contributed by atoms with E-state index in [9.17, 15) is 4.79 Å². The normalized spacial score (nSPS) is 9.05. The molecule has 0 aliphatic heterocycles. The van der Waals surface area contributed by atoms with Gasteiger partial charge in [0.05, 0.1) is 0 Å². The molecule has 0 amide bonds. The van der Waals surface area contributed by atoms with Crippen molar-refractivity contribution >= 4 is 5.82 Å². The van der Waals surface area contributed by atoms with E-state index in [0.717, 1.165) is 11.1 Å². The maximum atomic E-state index is 10.6. The topological polar surface area (TPSA) is 71.8 Å². The largest absolute Gasteiger partial charge is 0.384 e. The third kappa shape index (κ3) is 5.38. The highest BCUT2D eigenvalue weighted by Gasteiger charge is 1.91. The highest BCUT2D eigenvalue weighted by molar-refractivity contribution is 5.35. The molecule has 3 N–H and O–H groups in total. The van der Waals surface area contributed by atoms with Crippen molar-refractivity contribution in [3.05, 3.63) is 57.1 Å². The number of nitrogens with two attached hydrogens (primary N) is 1. The molecule has 2 aromatic rings. The number of nitrogens with one attached hydrogen (secondary N) is 1. The van der Waals surface area contributed by atoms with Gasteiger partial charge >= 0.3 is 0 Å². The maximum absolute atomic E-state index is 10.6. The van der Waals surface area contributed by atoms with Crippen LogP contribution < -0.4 is 11.3 Å². The number of hydrogen-bond donors (Lipinski definition) is 2. The summed E-state index contributed by atoms with van der Waals surface area (Å²) in [6.07, 6.45) is 3.50. The number of aromatic nitrogens is 2. The van der Waals surface area contributed by atoms with Gasteiger partial charge in [-0.2, -0.15) is 0 Å². The minimum absolute atomic E-state index is 0. The van der Waals surface area contributed by atoms with Crippen LogP contribution in [0.1, 0.15) is 29.7 Å². The SMILES string of the molecule is C.Cc1c[nH]c(=O)cc1C.Cc1cnc(N)cc1C. The van der Waals surface area contributed by atoms with Gasteiger partial charge in [0.2, 0.25) is 5.56 Å². The molecule has 0 atom stereocenters. The predicted octanol–water partition coefficient (Wildman–Crippen LogP) is 2.91. The summed E-state index contributed by atoms with van der Waals surface area (Å²) in [6, 6.07) is 3.46. The highest BCUT2D eigenvalue weighted by Crippen LogP contribution is 2.06. The first-order valence-corrected chi connectivity index (χ1v) is 5.75. The summed E-state index contributed by atoms with van der Waals surface area (Å²) in [5.41, 5.74) is 9.93. The molecule has 0 aromatic carbocycles. The van der Waals surface area contributed by atoms with E-state index in [1.54, 1.807) is 18.5 Å². The van der Waals surface area contributed by atoms with Gasteiger partial charge in [-0.3, -0.25) is 4.79 Å². The molecule has 19 heavy (non-hydrogen) atoms. The summed E-state index contributed by atoms with van der Waals surface area (Å²) < 4.78 is 0. The number of hydrogen-bond acceptors (Lipinski definition) is 3.